The number of hydrogen-bond donors (Lipinski definition) is 1. The van der Waals surface area contributed by atoms with E-state index >= 15 is 0 Å². The van der Waals surface area contributed by atoms with E-state index in [4.69, 9.17) is 4.74 Å². The number of ketones is 1. The molecule has 0 spiro atoms. The van der Waals surface area contributed by atoms with Crippen LogP contribution in [0.5, 0.6) is 11.5 Å². The van der Waals surface area contributed by atoms with Crippen LogP contribution in [0.15, 0.2) is 35.4 Å². The minimum Gasteiger partial charge on any atom is -0.507 e. The lowest BCUT2D eigenvalue weighted by molar-refractivity contribution is 0.101. The van der Waals surface area contributed by atoms with Crippen LogP contribution in [-0.4, -0.2) is 28.9 Å². The molecule has 1 aromatic heterocycles. The van der Waals surface area contributed by atoms with Crippen molar-refractivity contribution in [2.75, 3.05) is 13.1 Å². The van der Waals surface area contributed by atoms with Crippen molar-refractivity contribution < 1.29 is 14.6 Å². The molecule has 0 aliphatic carbocycles. The van der Waals surface area contributed by atoms with Gasteiger partial charge in [-0.15, -0.1) is 11.3 Å². The monoisotopic (exact) mass is 355 g/mol. The number of nitrogens with zero attached hydrogens (tertiary/aromatic N) is 1. The first-order chi connectivity index (χ1) is 12.1. The predicted molar refractivity (Wildman–Crippen MR) is 99.0 cm³/mol. The lowest BCUT2D eigenvalue weighted by Crippen LogP contribution is -2.33. The molecule has 2 aliphatic heterocycles. The lowest BCUT2D eigenvalue weighted by atomic mass is 9.99. The molecule has 130 valence electrons. The molecular formula is C20H21NO3S. The van der Waals surface area contributed by atoms with Crippen molar-refractivity contribution in [3.05, 3.63) is 51.4 Å². The van der Waals surface area contributed by atoms with Gasteiger partial charge in [0.2, 0.25) is 5.78 Å². The summed E-state index contributed by atoms with van der Waals surface area (Å²) in [5.74, 6) is 1.59. The molecule has 4 nitrogen and oxygen atoms in total. The molecule has 25 heavy (non-hydrogen) atoms. The van der Waals surface area contributed by atoms with Crippen LogP contribution in [0, 0.1) is 5.92 Å². The molecule has 1 saturated heterocycles. The van der Waals surface area contributed by atoms with Gasteiger partial charge in [0.05, 0.1) is 11.1 Å². The van der Waals surface area contributed by atoms with Crippen molar-refractivity contribution in [1.82, 2.24) is 4.90 Å². The average molecular weight is 355 g/mol. The van der Waals surface area contributed by atoms with Gasteiger partial charge in [-0.05, 0) is 48.9 Å². The summed E-state index contributed by atoms with van der Waals surface area (Å²) in [6.45, 7) is 4.89. The fourth-order valence-corrected chi connectivity index (χ4v) is 4.25. The van der Waals surface area contributed by atoms with E-state index in [1.165, 1.54) is 12.8 Å². The van der Waals surface area contributed by atoms with Crippen LogP contribution in [0.1, 0.15) is 40.6 Å². The maximum Gasteiger partial charge on any atom is 0.232 e. The number of carbonyl (C=O) groups excluding carboxylic acids is 1. The Bertz CT molecular complexity index is 826. The highest BCUT2D eigenvalue weighted by molar-refractivity contribution is 7.10. The zero-order valence-electron chi connectivity index (χ0n) is 14.2. The minimum absolute atomic E-state index is 0.114. The molecule has 1 atom stereocenters. The summed E-state index contributed by atoms with van der Waals surface area (Å²) in [7, 11) is 0. The molecule has 1 aromatic carbocycles. The fraction of sp³-hybridized carbons (Fsp3) is 0.350. The molecular weight excluding hydrogens is 334 g/mol. The second-order valence-electron chi connectivity index (χ2n) is 6.88. The van der Waals surface area contributed by atoms with Crippen molar-refractivity contribution in [2.45, 2.75) is 26.3 Å². The van der Waals surface area contributed by atoms with E-state index in [9.17, 15) is 9.90 Å². The molecule has 2 aromatic rings. The van der Waals surface area contributed by atoms with Gasteiger partial charge < -0.3 is 9.84 Å². The van der Waals surface area contributed by atoms with Gasteiger partial charge in [-0.2, -0.15) is 0 Å². The summed E-state index contributed by atoms with van der Waals surface area (Å²) in [6, 6.07) is 7.16. The average Bonchev–Trinajstić information content (AvgIpc) is 3.20. The summed E-state index contributed by atoms with van der Waals surface area (Å²) in [4.78, 5) is 16.0. The van der Waals surface area contributed by atoms with E-state index in [1.54, 1.807) is 29.5 Å². The summed E-state index contributed by atoms with van der Waals surface area (Å²) in [5, 5.41) is 12.3. The van der Waals surface area contributed by atoms with E-state index in [0.29, 0.717) is 29.5 Å². The maximum atomic E-state index is 12.6. The highest BCUT2D eigenvalue weighted by atomic mass is 32.1. The predicted octanol–water partition coefficient (Wildman–Crippen LogP) is 4.30. The zero-order chi connectivity index (χ0) is 17.4. The Morgan fingerprint density at radius 3 is 3.04 bits per heavy atom. The van der Waals surface area contributed by atoms with Gasteiger partial charge in [-0.3, -0.25) is 9.69 Å². The highest BCUT2D eigenvalue weighted by Gasteiger charge is 2.32. The van der Waals surface area contributed by atoms with Gasteiger partial charge in [0.25, 0.3) is 0 Å². The standard InChI is InChI=1S/C20H21NO3S/c1-13-4-2-8-21(11-13)12-16-17(22)7-6-15-19(23)18(24-20(15)16)10-14-5-3-9-25-14/h3,5-7,9-10,13,22H,2,4,8,11-12H2,1H3/t13-/m1/s1. The first-order valence-electron chi connectivity index (χ1n) is 8.67. The zero-order valence-corrected chi connectivity index (χ0v) is 15.0. The van der Waals surface area contributed by atoms with Crippen LogP contribution in [-0.2, 0) is 6.54 Å². The molecule has 1 fully saturated rings. The first-order valence-corrected chi connectivity index (χ1v) is 9.54. The van der Waals surface area contributed by atoms with E-state index in [2.05, 4.69) is 11.8 Å². The molecule has 0 bridgehead atoms. The van der Waals surface area contributed by atoms with Crippen molar-refractivity contribution >= 4 is 23.2 Å². The summed E-state index contributed by atoms with van der Waals surface area (Å²) < 4.78 is 5.90. The van der Waals surface area contributed by atoms with Gasteiger partial charge in [0.1, 0.15) is 11.5 Å². The molecule has 0 saturated carbocycles. The van der Waals surface area contributed by atoms with Crippen LogP contribution >= 0.6 is 11.3 Å². The number of Topliss-reactive ketones (excluding diaryl/α,β-unsaturated/α-hetero) is 1. The Balaban J connectivity index is 1.64. The number of benzene rings is 1. The maximum absolute atomic E-state index is 12.6. The van der Waals surface area contributed by atoms with Crippen molar-refractivity contribution in [3.63, 3.8) is 0 Å². The van der Waals surface area contributed by atoms with Crippen molar-refractivity contribution in [3.8, 4) is 11.5 Å². The van der Waals surface area contributed by atoms with Gasteiger partial charge >= 0.3 is 0 Å². The number of phenols is 1. The third-order valence-corrected chi connectivity index (χ3v) is 5.67. The third-order valence-electron chi connectivity index (χ3n) is 4.86. The van der Waals surface area contributed by atoms with Crippen LogP contribution in [0.4, 0.5) is 0 Å². The number of phenolic OH excluding ortho intramolecular Hbond substituents is 1. The molecule has 2 aliphatic rings. The number of aromatic hydroxyl groups is 1. The normalized spacial score (nSPS) is 22.2. The van der Waals surface area contributed by atoms with Gasteiger partial charge in [0.15, 0.2) is 5.76 Å². The summed E-state index contributed by atoms with van der Waals surface area (Å²) >= 11 is 1.56. The molecule has 1 N–H and O–H groups in total. The number of carbonyl (C=O) groups is 1. The molecule has 0 radical (unpaired) electrons. The Morgan fingerprint density at radius 2 is 2.28 bits per heavy atom. The second-order valence-corrected chi connectivity index (χ2v) is 7.86. The molecule has 4 rings (SSSR count). The number of piperidine rings is 1. The Morgan fingerprint density at radius 1 is 1.40 bits per heavy atom. The highest BCUT2D eigenvalue weighted by Crippen LogP contribution is 2.40. The fourth-order valence-electron chi connectivity index (χ4n) is 3.61. The number of allylic oxidation sites excluding steroid dienone is 1. The first kappa shape index (κ1) is 16.4. The Hall–Kier alpha value is -2.11. The van der Waals surface area contributed by atoms with Crippen molar-refractivity contribution in [1.29, 1.82) is 0 Å². The number of rotatable bonds is 3. The number of thiophene rings is 1. The summed E-state index contributed by atoms with van der Waals surface area (Å²) in [5.41, 5.74) is 1.26. The van der Waals surface area contributed by atoms with Gasteiger partial charge in [-0.25, -0.2) is 0 Å². The molecule has 5 heteroatoms. The van der Waals surface area contributed by atoms with Gasteiger partial charge in [-0.1, -0.05) is 13.0 Å². The largest absolute Gasteiger partial charge is 0.507 e. The smallest absolute Gasteiger partial charge is 0.232 e. The molecule has 0 amide bonds. The number of ether oxygens (including phenoxy) is 1. The SMILES string of the molecule is C[C@@H]1CCCN(Cc2c(O)ccc3c2OC(=Cc2cccs2)C3=O)C1. The van der Waals surface area contributed by atoms with Crippen LogP contribution in [0.25, 0.3) is 6.08 Å². The Labute approximate surface area is 151 Å². The van der Waals surface area contributed by atoms with Crippen LogP contribution < -0.4 is 4.74 Å². The topological polar surface area (TPSA) is 49.8 Å². The quantitative estimate of drug-likeness (QED) is 0.834. The van der Waals surface area contributed by atoms with E-state index < -0.39 is 0 Å². The van der Waals surface area contributed by atoms with E-state index in [0.717, 1.165) is 23.5 Å². The minimum atomic E-state index is -0.114. The second kappa shape index (κ2) is 6.65. The summed E-state index contributed by atoms with van der Waals surface area (Å²) in [6.07, 6.45) is 4.19. The molecule has 3 heterocycles. The number of fused-ring (bicyclic) bond motifs is 1. The Kier molecular flexibility index (Phi) is 4.36. The third kappa shape index (κ3) is 3.22. The van der Waals surface area contributed by atoms with Crippen molar-refractivity contribution in [2.24, 2.45) is 5.92 Å². The van der Waals surface area contributed by atoms with Gasteiger partial charge in [0, 0.05) is 24.0 Å². The van der Waals surface area contributed by atoms with Crippen LogP contribution in [0.2, 0.25) is 0 Å². The van der Waals surface area contributed by atoms with Crippen LogP contribution in [0.3, 0.4) is 0 Å². The molecule has 0 unspecified atom stereocenters. The number of hydrogen-bond acceptors (Lipinski definition) is 5. The number of likely N-dealkylation sites (tertiary alicyclic amines) is 1. The van der Waals surface area contributed by atoms with E-state index in [-0.39, 0.29) is 11.5 Å². The van der Waals surface area contributed by atoms with E-state index in [1.807, 2.05) is 17.5 Å². The lowest BCUT2D eigenvalue weighted by Gasteiger charge is -2.31.